The Bertz CT molecular complexity index is 1180. The number of hydrogen-bond acceptors (Lipinski definition) is 9. The Hall–Kier alpha value is -2.94. The number of aromatic nitrogens is 3. The van der Waals surface area contributed by atoms with E-state index in [0.29, 0.717) is 34.6 Å². The van der Waals surface area contributed by atoms with E-state index in [1.165, 1.54) is 23.9 Å². The number of nitrogen functional groups attached to an aromatic ring is 1. The molecule has 3 heterocycles. The van der Waals surface area contributed by atoms with Crippen LogP contribution < -0.4 is 5.73 Å². The summed E-state index contributed by atoms with van der Waals surface area (Å²) in [6.45, 7) is 3.20. The average molecular weight is 488 g/mol. The molecule has 1 aromatic carbocycles. The molecule has 0 spiro atoms. The summed E-state index contributed by atoms with van der Waals surface area (Å²) in [6.07, 6.45) is 1.95. The third kappa shape index (κ3) is 5.03. The first-order chi connectivity index (χ1) is 16.0. The minimum atomic E-state index is -0.501. The van der Waals surface area contributed by atoms with Crippen LogP contribution in [-0.4, -0.2) is 40.1 Å². The first kappa shape index (κ1) is 23.2. The lowest BCUT2D eigenvalue weighted by Crippen LogP contribution is -2.16. The molecular formula is C22H22FN5O3S2. The van der Waals surface area contributed by atoms with Crippen LogP contribution >= 0.6 is 23.1 Å². The van der Waals surface area contributed by atoms with E-state index in [-0.39, 0.29) is 34.8 Å². The molecular weight excluding hydrogens is 465 g/mol. The lowest BCUT2D eigenvalue weighted by Gasteiger charge is -2.15. The van der Waals surface area contributed by atoms with Gasteiger partial charge in [0.1, 0.15) is 21.8 Å². The Morgan fingerprint density at radius 2 is 2.21 bits per heavy atom. The van der Waals surface area contributed by atoms with E-state index in [2.05, 4.69) is 16.3 Å². The molecule has 1 aliphatic rings. The fourth-order valence-electron chi connectivity index (χ4n) is 3.61. The molecule has 1 aliphatic heterocycles. The minimum Gasteiger partial charge on any atom is -0.462 e. The standard InChI is InChI=1S/C22H22FN5O3S2/c1-2-30-21(29)18-17(16(10-24)19(25)33-18)12-32-22-27-26-20(13-5-7-14(23)8-6-13)28(22)11-15-4-3-9-31-15/h5-8,15H,2-4,9,11-12,25H2,1H3. The number of carbonyl (C=O) groups excluding carboxylic acids is 1. The summed E-state index contributed by atoms with van der Waals surface area (Å²) < 4.78 is 26.3. The molecule has 33 heavy (non-hydrogen) atoms. The van der Waals surface area contributed by atoms with Crippen LogP contribution in [0.25, 0.3) is 11.4 Å². The van der Waals surface area contributed by atoms with Gasteiger partial charge >= 0.3 is 5.97 Å². The maximum atomic E-state index is 13.4. The number of thioether (sulfide) groups is 1. The molecule has 172 valence electrons. The van der Waals surface area contributed by atoms with E-state index >= 15 is 0 Å². The van der Waals surface area contributed by atoms with Gasteiger partial charge in [-0.3, -0.25) is 4.57 Å². The van der Waals surface area contributed by atoms with Gasteiger partial charge in [-0.1, -0.05) is 11.8 Å². The highest BCUT2D eigenvalue weighted by Gasteiger charge is 2.25. The number of nitrogens with zero attached hydrogens (tertiary/aromatic N) is 4. The number of nitriles is 1. The number of esters is 1. The molecule has 1 saturated heterocycles. The predicted octanol–water partition coefficient (Wildman–Crippen LogP) is 4.25. The van der Waals surface area contributed by atoms with Crippen LogP contribution in [0.3, 0.4) is 0 Å². The third-order valence-electron chi connectivity index (χ3n) is 5.18. The topological polar surface area (TPSA) is 116 Å². The number of thiophene rings is 1. The second-order valence-corrected chi connectivity index (χ2v) is 9.32. The highest BCUT2D eigenvalue weighted by molar-refractivity contribution is 7.98. The molecule has 11 heteroatoms. The van der Waals surface area contributed by atoms with Gasteiger partial charge in [-0.2, -0.15) is 5.26 Å². The monoisotopic (exact) mass is 487 g/mol. The number of nitrogens with two attached hydrogens (primary N) is 1. The second-order valence-electron chi connectivity index (χ2n) is 7.33. The number of hydrogen-bond donors (Lipinski definition) is 1. The van der Waals surface area contributed by atoms with E-state index in [0.717, 1.165) is 29.7 Å². The quantitative estimate of drug-likeness (QED) is 0.370. The highest BCUT2D eigenvalue weighted by Crippen LogP contribution is 2.36. The fourth-order valence-corrected chi connectivity index (χ4v) is 5.61. The van der Waals surface area contributed by atoms with Gasteiger partial charge in [-0.15, -0.1) is 21.5 Å². The predicted molar refractivity (Wildman–Crippen MR) is 123 cm³/mol. The van der Waals surface area contributed by atoms with Crippen molar-refractivity contribution < 1.29 is 18.7 Å². The number of ether oxygens (including phenoxy) is 2. The number of benzene rings is 1. The van der Waals surface area contributed by atoms with Crippen LogP contribution in [0, 0.1) is 17.1 Å². The molecule has 0 saturated carbocycles. The lowest BCUT2D eigenvalue weighted by molar-refractivity contribution is 0.0531. The summed E-state index contributed by atoms with van der Waals surface area (Å²) in [5, 5.41) is 19.1. The molecule has 1 unspecified atom stereocenters. The van der Waals surface area contributed by atoms with Crippen molar-refractivity contribution >= 4 is 34.1 Å². The zero-order valence-electron chi connectivity index (χ0n) is 17.9. The van der Waals surface area contributed by atoms with Crippen LogP contribution in [-0.2, 0) is 21.8 Å². The Balaban J connectivity index is 1.65. The first-order valence-electron chi connectivity index (χ1n) is 10.4. The second kappa shape index (κ2) is 10.3. The fraction of sp³-hybridized carbons (Fsp3) is 0.364. The van der Waals surface area contributed by atoms with Gasteiger partial charge in [0.15, 0.2) is 11.0 Å². The lowest BCUT2D eigenvalue weighted by atomic mass is 10.2. The largest absolute Gasteiger partial charge is 0.462 e. The van der Waals surface area contributed by atoms with Crippen LogP contribution in [0.4, 0.5) is 9.39 Å². The van der Waals surface area contributed by atoms with Gasteiger partial charge in [-0.25, -0.2) is 9.18 Å². The zero-order chi connectivity index (χ0) is 23.4. The molecule has 0 radical (unpaired) electrons. The van der Waals surface area contributed by atoms with Crippen molar-refractivity contribution in [2.24, 2.45) is 0 Å². The van der Waals surface area contributed by atoms with Crippen molar-refractivity contribution in [3.8, 4) is 17.5 Å². The molecule has 4 rings (SSSR count). The van der Waals surface area contributed by atoms with Crippen LogP contribution in [0.5, 0.6) is 0 Å². The van der Waals surface area contributed by atoms with E-state index in [1.807, 2.05) is 4.57 Å². The SMILES string of the molecule is CCOC(=O)c1sc(N)c(C#N)c1CSc1nnc(-c2ccc(F)cc2)n1CC1CCCO1. The summed E-state index contributed by atoms with van der Waals surface area (Å²) in [7, 11) is 0. The Morgan fingerprint density at radius 1 is 1.42 bits per heavy atom. The summed E-state index contributed by atoms with van der Waals surface area (Å²) in [5.74, 6) is 0.0600. The van der Waals surface area contributed by atoms with Crippen molar-refractivity contribution in [2.75, 3.05) is 18.9 Å². The van der Waals surface area contributed by atoms with Crippen LogP contribution in [0.15, 0.2) is 29.4 Å². The van der Waals surface area contributed by atoms with Gasteiger partial charge in [0.2, 0.25) is 0 Å². The molecule has 2 N–H and O–H groups in total. The summed E-state index contributed by atoms with van der Waals surface area (Å²) in [4.78, 5) is 12.7. The van der Waals surface area contributed by atoms with E-state index in [1.54, 1.807) is 19.1 Å². The molecule has 0 aliphatic carbocycles. The van der Waals surface area contributed by atoms with Crippen molar-refractivity contribution in [1.29, 1.82) is 5.26 Å². The zero-order valence-corrected chi connectivity index (χ0v) is 19.5. The van der Waals surface area contributed by atoms with Crippen molar-refractivity contribution in [1.82, 2.24) is 14.8 Å². The van der Waals surface area contributed by atoms with Crippen LogP contribution in [0.2, 0.25) is 0 Å². The summed E-state index contributed by atoms with van der Waals surface area (Å²) in [5.41, 5.74) is 7.52. The number of carbonyl (C=O) groups is 1. The smallest absolute Gasteiger partial charge is 0.348 e. The number of anilines is 1. The summed E-state index contributed by atoms with van der Waals surface area (Å²) in [6, 6.07) is 8.17. The Labute approximate surface area is 198 Å². The number of halogens is 1. The van der Waals surface area contributed by atoms with Gasteiger partial charge in [0.05, 0.1) is 24.8 Å². The maximum absolute atomic E-state index is 13.4. The molecule has 0 amide bonds. The molecule has 3 aromatic rings. The average Bonchev–Trinajstić information content (AvgIpc) is 3.53. The molecule has 1 fully saturated rings. The van der Waals surface area contributed by atoms with Crippen molar-refractivity contribution in [2.45, 2.75) is 43.3 Å². The molecule has 1 atom stereocenters. The van der Waals surface area contributed by atoms with Crippen molar-refractivity contribution in [3.63, 3.8) is 0 Å². The maximum Gasteiger partial charge on any atom is 0.348 e. The molecule has 0 bridgehead atoms. The highest BCUT2D eigenvalue weighted by atomic mass is 32.2. The van der Waals surface area contributed by atoms with Gasteiger partial charge in [0, 0.05) is 23.5 Å². The Morgan fingerprint density at radius 3 is 2.88 bits per heavy atom. The van der Waals surface area contributed by atoms with E-state index in [4.69, 9.17) is 15.2 Å². The van der Waals surface area contributed by atoms with Crippen LogP contribution in [0.1, 0.15) is 40.6 Å². The van der Waals surface area contributed by atoms with Gasteiger partial charge < -0.3 is 15.2 Å². The Kier molecular flexibility index (Phi) is 7.27. The normalized spacial score (nSPS) is 15.5. The van der Waals surface area contributed by atoms with Gasteiger partial charge in [0.25, 0.3) is 0 Å². The third-order valence-corrected chi connectivity index (χ3v) is 7.22. The van der Waals surface area contributed by atoms with E-state index < -0.39 is 5.97 Å². The molecule has 2 aromatic heterocycles. The van der Waals surface area contributed by atoms with Gasteiger partial charge in [-0.05, 0) is 44.0 Å². The molecule has 8 nitrogen and oxygen atoms in total. The first-order valence-corrected chi connectivity index (χ1v) is 12.2. The summed E-state index contributed by atoms with van der Waals surface area (Å²) >= 11 is 2.40. The van der Waals surface area contributed by atoms with Crippen molar-refractivity contribution in [3.05, 3.63) is 46.1 Å². The minimum absolute atomic E-state index is 0.0288. The number of rotatable bonds is 8. The van der Waals surface area contributed by atoms with E-state index in [9.17, 15) is 14.4 Å².